The number of rotatable bonds is 3. The highest BCUT2D eigenvalue weighted by molar-refractivity contribution is 5.87. The first-order valence-electron chi connectivity index (χ1n) is 6.04. The first-order valence-corrected chi connectivity index (χ1v) is 6.04. The SMILES string of the molecule is CCOC(=O)n1c(=O)n(CC(=O)OC)c2ccccc21. The Morgan fingerprint density at radius 1 is 1.20 bits per heavy atom. The summed E-state index contributed by atoms with van der Waals surface area (Å²) in [5.41, 5.74) is 0.228. The number of carbonyl (C=O) groups excluding carboxylic acids is 2. The van der Waals surface area contributed by atoms with Crippen molar-refractivity contribution in [3.05, 3.63) is 34.7 Å². The number of hydrogen-bond acceptors (Lipinski definition) is 5. The van der Waals surface area contributed by atoms with E-state index < -0.39 is 17.8 Å². The number of imidazole rings is 1. The minimum Gasteiger partial charge on any atom is -0.468 e. The second-order valence-corrected chi connectivity index (χ2v) is 3.97. The van der Waals surface area contributed by atoms with E-state index in [1.807, 2.05) is 0 Å². The number of hydrogen-bond donors (Lipinski definition) is 0. The second-order valence-electron chi connectivity index (χ2n) is 3.97. The second kappa shape index (κ2) is 5.60. The van der Waals surface area contributed by atoms with Gasteiger partial charge in [0.15, 0.2) is 0 Å². The zero-order valence-electron chi connectivity index (χ0n) is 11.2. The van der Waals surface area contributed by atoms with Crippen molar-refractivity contribution in [2.75, 3.05) is 13.7 Å². The van der Waals surface area contributed by atoms with Crippen molar-refractivity contribution in [3.8, 4) is 0 Å². The highest BCUT2D eigenvalue weighted by Crippen LogP contribution is 2.13. The zero-order chi connectivity index (χ0) is 14.7. The molecule has 0 aliphatic carbocycles. The van der Waals surface area contributed by atoms with Crippen LogP contribution in [0.4, 0.5) is 4.79 Å². The molecule has 2 rings (SSSR count). The van der Waals surface area contributed by atoms with E-state index in [1.165, 1.54) is 11.7 Å². The fourth-order valence-corrected chi connectivity index (χ4v) is 1.92. The lowest BCUT2D eigenvalue weighted by atomic mass is 10.3. The van der Waals surface area contributed by atoms with Crippen molar-refractivity contribution in [3.63, 3.8) is 0 Å². The van der Waals surface area contributed by atoms with E-state index in [4.69, 9.17) is 4.74 Å². The summed E-state index contributed by atoms with van der Waals surface area (Å²) in [4.78, 5) is 35.5. The van der Waals surface area contributed by atoms with Gasteiger partial charge in [-0.1, -0.05) is 12.1 Å². The number of fused-ring (bicyclic) bond motifs is 1. The van der Waals surface area contributed by atoms with Gasteiger partial charge < -0.3 is 9.47 Å². The molecule has 0 saturated carbocycles. The predicted molar refractivity (Wildman–Crippen MR) is 70.6 cm³/mol. The Labute approximate surface area is 114 Å². The highest BCUT2D eigenvalue weighted by Gasteiger charge is 2.20. The Morgan fingerprint density at radius 3 is 2.45 bits per heavy atom. The maximum Gasteiger partial charge on any atom is 0.422 e. The quantitative estimate of drug-likeness (QED) is 0.782. The van der Waals surface area contributed by atoms with Crippen molar-refractivity contribution < 1.29 is 19.1 Å². The Kier molecular flexibility index (Phi) is 3.88. The number of para-hydroxylation sites is 2. The first-order chi connectivity index (χ1) is 9.60. The van der Waals surface area contributed by atoms with E-state index in [2.05, 4.69) is 4.74 Å². The molecule has 20 heavy (non-hydrogen) atoms. The van der Waals surface area contributed by atoms with Gasteiger partial charge >= 0.3 is 17.8 Å². The lowest BCUT2D eigenvalue weighted by molar-refractivity contribution is -0.141. The molecule has 0 amide bonds. The van der Waals surface area contributed by atoms with Gasteiger partial charge in [-0.25, -0.2) is 9.59 Å². The van der Waals surface area contributed by atoms with Crippen LogP contribution >= 0.6 is 0 Å². The van der Waals surface area contributed by atoms with Crippen LogP contribution in [0.3, 0.4) is 0 Å². The standard InChI is InChI=1S/C13H14N2O5/c1-3-20-13(18)15-10-7-5-4-6-9(10)14(12(15)17)8-11(16)19-2/h4-7H,3,8H2,1-2H3. The molecule has 1 heterocycles. The van der Waals surface area contributed by atoms with Gasteiger partial charge in [0.1, 0.15) is 6.54 Å². The fraction of sp³-hybridized carbons (Fsp3) is 0.308. The maximum absolute atomic E-state index is 12.3. The van der Waals surface area contributed by atoms with Crippen molar-refractivity contribution in [1.29, 1.82) is 0 Å². The number of esters is 1. The third-order valence-electron chi connectivity index (χ3n) is 2.80. The molecule has 0 spiro atoms. The van der Waals surface area contributed by atoms with Gasteiger partial charge in [-0.05, 0) is 19.1 Å². The summed E-state index contributed by atoms with van der Waals surface area (Å²) in [5, 5.41) is 0. The lowest BCUT2D eigenvalue weighted by Crippen LogP contribution is -2.31. The van der Waals surface area contributed by atoms with Gasteiger partial charge in [-0.2, -0.15) is 4.57 Å². The van der Waals surface area contributed by atoms with E-state index in [9.17, 15) is 14.4 Å². The number of methoxy groups -OCH3 is 1. The first kappa shape index (κ1) is 13.9. The van der Waals surface area contributed by atoms with Gasteiger partial charge in [0.2, 0.25) is 0 Å². The third kappa shape index (κ3) is 2.29. The highest BCUT2D eigenvalue weighted by atomic mass is 16.5. The molecule has 7 heteroatoms. The normalized spacial score (nSPS) is 10.5. The van der Waals surface area contributed by atoms with Crippen LogP contribution in [0.25, 0.3) is 11.0 Å². The Balaban J connectivity index is 2.64. The van der Waals surface area contributed by atoms with Crippen LogP contribution in [0.1, 0.15) is 6.92 Å². The van der Waals surface area contributed by atoms with Crippen molar-refractivity contribution in [2.24, 2.45) is 0 Å². The minimum atomic E-state index is -0.766. The summed E-state index contributed by atoms with van der Waals surface area (Å²) in [5.74, 6) is -0.570. The van der Waals surface area contributed by atoms with Crippen molar-refractivity contribution in [1.82, 2.24) is 9.13 Å². The molecule has 0 aliphatic rings. The molecule has 106 valence electrons. The van der Waals surface area contributed by atoms with Crippen LogP contribution in [-0.4, -0.2) is 34.9 Å². The minimum absolute atomic E-state index is 0.155. The molecule has 1 aromatic carbocycles. The summed E-state index contributed by atoms with van der Waals surface area (Å²) in [7, 11) is 1.23. The number of carbonyl (C=O) groups is 2. The third-order valence-corrected chi connectivity index (χ3v) is 2.80. The molecule has 0 atom stereocenters. The summed E-state index contributed by atoms with van der Waals surface area (Å²) in [6.07, 6.45) is -0.766. The molecule has 0 aliphatic heterocycles. The Morgan fingerprint density at radius 2 is 1.85 bits per heavy atom. The average molecular weight is 278 g/mol. The summed E-state index contributed by atoms with van der Waals surface area (Å²) in [6.45, 7) is 1.54. The molecule has 0 unspecified atom stereocenters. The van der Waals surface area contributed by atoms with E-state index in [1.54, 1.807) is 31.2 Å². The van der Waals surface area contributed by atoms with Gasteiger partial charge in [0.25, 0.3) is 0 Å². The van der Waals surface area contributed by atoms with Gasteiger partial charge in [-0.15, -0.1) is 0 Å². The smallest absolute Gasteiger partial charge is 0.422 e. The molecule has 1 aromatic heterocycles. The van der Waals surface area contributed by atoms with Crippen molar-refractivity contribution in [2.45, 2.75) is 13.5 Å². The van der Waals surface area contributed by atoms with E-state index in [-0.39, 0.29) is 13.2 Å². The summed E-state index contributed by atoms with van der Waals surface area (Å²) < 4.78 is 11.5. The average Bonchev–Trinajstić information content (AvgIpc) is 2.72. The molecule has 0 radical (unpaired) electrons. The van der Waals surface area contributed by atoms with Crippen LogP contribution in [-0.2, 0) is 20.8 Å². The van der Waals surface area contributed by atoms with E-state index in [0.29, 0.717) is 11.0 Å². The summed E-state index contributed by atoms with van der Waals surface area (Å²) in [6, 6.07) is 6.67. The van der Waals surface area contributed by atoms with Crippen LogP contribution in [0, 0.1) is 0 Å². The van der Waals surface area contributed by atoms with Crippen LogP contribution in [0.5, 0.6) is 0 Å². The fourth-order valence-electron chi connectivity index (χ4n) is 1.92. The molecular weight excluding hydrogens is 264 g/mol. The van der Waals surface area contributed by atoms with E-state index >= 15 is 0 Å². The maximum atomic E-state index is 12.3. The Bertz CT molecular complexity index is 713. The number of benzene rings is 1. The molecule has 0 N–H and O–H groups in total. The van der Waals surface area contributed by atoms with Crippen molar-refractivity contribution >= 4 is 23.1 Å². The molecule has 0 bridgehead atoms. The molecule has 2 aromatic rings. The molecule has 0 saturated heterocycles. The zero-order valence-corrected chi connectivity index (χ0v) is 11.2. The largest absolute Gasteiger partial charge is 0.468 e. The number of ether oxygens (including phenoxy) is 2. The number of aromatic nitrogens is 2. The van der Waals surface area contributed by atoms with Crippen LogP contribution in [0.15, 0.2) is 29.1 Å². The van der Waals surface area contributed by atoms with Crippen LogP contribution in [0.2, 0.25) is 0 Å². The van der Waals surface area contributed by atoms with Gasteiger partial charge in [-0.3, -0.25) is 9.36 Å². The van der Waals surface area contributed by atoms with Gasteiger partial charge in [0.05, 0.1) is 24.8 Å². The lowest BCUT2D eigenvalue weighted by Gasteiger charge is -2.01. The Hall–Kier alpha value is -2.57. The summed E-state index contributed by atoms with van der Waals surface area (Å²) >= 11 is 0. The number of nitrogens with zero attached hydrogens (tertiary/aromatic N) is 2. The predicted octanol–water partition coefficient (Wildman–Crippen LogP) is 0.981. The molecular formula is C13H14N2O5. The molecule has 7 nitrogen and oxygen atoms in total. The topological polar surface area (TPSA) is 79.5 Å². The monoisotopic (exact) mass is 278 g/mol. The van der Waals surface area contributed by atoms with E-state index in [0.717, 1.165) is 4.57 Å². The van der Waals surface area contributed by atoms with Crippen LogP contribution < -0.4 is 5.69 Å². The van der Waals surface area contributed by atoms with Gasteiger partial charge in [0, 0.05) is 0 Å². The molecule has 0 fully saturated rings.